The summed E-state index contributed by atoms with van der Waals surface area (Å²) in [6, 6.07) is 7.63. The molecule has 0 saturated carbocycles. The third-order valence-electron chi connectivity index (χ3n) is 5.50. The van der Waals surface area contributed by atoms with Crippen LogP contribution in [0.1, 0.15) is 26.2 Å². The summed E-state index contributed by atoms with van der Waals surface area (Å²) in [7, 11) is 0. The first-order valence-corrected chi connectivity index (χ1v) is 11.2. The van der Waals surface area contributed by atoms with E-state index in [4.69, 9.17) is 4.74 Å². The molecule has 0 aromatic carbocycles. The van der Waals surface area contributed by atoms with Crippen LogP contribution in [0, 0.1) is 0 Å². The minimum absolute atomic E-state index is 0.00425. The molecule has 2 aliphatic heterocycles. The van der Waals surface area contributed by atoms with Gasteiger partial charge < -0.3 is 14.5 Å². The molecule has 2 amide bonds. The van der Waals surface area contributed by atoms with Crippen LogP contribution in [-0.2, 0) is 9.53 Å². The number of carbonyl (C=O) groups excluding carboxylic acids is 2. The molecule has 9 heteroatoms. The van der Waals surface area contributed by atoms with Gasteiger partial charge in [-0.2, -0.15) is 0 Å². The average Bonchev–Trinajstić information content (AvgIpc) is 3.19. The number of piperidine rings is 1. The summed E-state index contributed by atoms with van der Waals surface area (Å²) in [6.45, 7) is 3.99. The van der Waals surface area contributed by atoms with E-state index in [-0.39, 0.29) is 24.1 Å². The third-order valence-corrected chi connectivity index (χ3v) is 6.35. The Balaban J connectivity index is 1.27. The van der Waals surface area contributed by atoms with Gasteiger partial charge in [-0.15, -0.1) is 0 Å². The maximum Gasteiger partial charge on any atom is 0.410 e. The van der Waals surface area contributed by atoms with E-state index in [1.54, 1.807) is 12.4 Å². The Hall–Kier alpha value is -2.68. The number of amides is 2. The van der Waals surface area contributed by atoms with Gasteiger partial charge in [0.05, 0.1) is 23.7 Å². The minimum Gasteiger partial charge on any atom is -0.444 e. The van der Waals surface area contributed by atoms with E-state index >= 15 is 0 Å². The van der Waals surface area contributed by atoms with E-state index in [2.05, 4.69) is 15.0 Å². The lowest BCUT2D eigenvalue weighted by Gasteiger charge is -2.35. The second-order valence-corrected chi connectivity index (χ2v) is 8.35. The first-order chi connectivity index (χ1) is 14.6. The van der Waals surface area contributed by atoms with Crippen molar-refractivity contribution in [1.82, 2.24) is 24.8 Å². The van der Waals surface area contributed by atoms with Gasteiger partial charge in [0.1, 0.15) is 6.10 Å². The number of hydrogen-bond donors (Lipinski definition) is 0. The molecule has 158 valence electrons. The van der Waals surface area contributed by atoms with Crippen molar-refractivity contribution >= 4 is 23.8 Å². The SMILES string of the molecule is CCC1CN(C2CCN(C(=O)CSc3nccc(-c4ccccn4)n3)CC2)C(=O)O1. The Bertz CT molecular complexity index is 889. The zero-order valence-corrected chi connectivity index (χ0v) is 17.8. The van der Waals surface area contributed by atoms with Gasteiger partial charge in [-0.3, -0.25) is 9.78 Å². The molecule has 0 bridgehead atoms. The van der Waals surface area contributed by atoms with E-state index in [1.165, 1.54) is 11.8 Å². The highest BCUT2D eigenvalue weighted by Gasteiger charge is 2.37. The Labute approximate surface area is 180 Å². The molecule has 4 rings (SSSR count). The summed E-state index contributed by atoms with van der Waals surface area (Å²) in [5, 5.41) is 0.562. The molecule has 2 saturated heterocycles. The molecule has 2 fully saturated rings. The van der Waals surface area contributed by atoms with Crippen LogP contribution in [0.3, 0.4) is 0 Å². The smallest absolute Gasteiger partial charge is 0.410 e. The Kier molecular flexibility index (Phi) is 6.47. The summed E-state index contributed by atoms with van der Waals surface area (Å²) in [4.78, 5) is 41.5. The monoisotopic (exact) mass is 427 g/mol. The molecule has 2 aromatic heterocycles. The molecular weight excluding hydrogens is 402 g/mol. The predicted molar refractivity (Wildman–Crippen MR) is 113 cm³/mol. The highest BCUT2D eigenvalue weighted by atomic mass is 32.2. The van der Waals surface area contributed by atoms with Crippen LogP contribution in [0.15, 0.2) is 41.8 Å². The highest BCUT2D eigenvalue weighted by Crippen LogP contribution is 2.24. The van der Waals surface area contributed by atoms with Crippen molar-refractivity contribution in [2.45, 2.75) is 43.5 Å². The molecule has 0 aliphatic carbocycles. The van der Waals surface area contributed by atoms with Crippen LogP contribution in [0.2, 0.25) is 0 Å². The molecule has 1 atom stereocenters. The van der Waals surface area contributed by atoms with Crippen LogP contribution in [0.25, 0.3) is 11.4 Å². The van der Waals surface area contributed by atoms with Crippen LogP contribution in [0.5, 0.6) is 0 Å². The number of nitrogens with zero attached hydrogens (tertiary/aromatic N) is 5. The standard InChI is InChI=1S/C21H25N5O3S/c1-2-16-13-26(21(28)29-16)15-7-11-25(12-8-15)19(27)14-30-20-23-10-6-18(24-20)17-5-3-4-9-22-17/h3-6,9-10,15-16H,2,7-8,11-14H2,1H3. The fourth-order valence-electron chi connectivity index (χ4n) is 3.76. The Morgan fingerprint density at radius 2 is 2.00 bits per heavy atom. The third kappa shape index (κ3) is 4.72. The van der Waals surface area contributed by atoms with E-state index in [0.29, 0.717) is 30.5 Å². The zero-order chi connectivity index (χ0) is 20.9. The summed E-state index contributed by atoms with van der Waals surface area (Å²) < 4.78 is 5.36. The van der Waals surface area contributed by atoms with Gasteiger partial charge in [-0.25, -0.2) is 14.8 Å². The number of aromatic nitrogens is 3. The van der Waals surface area contributed by atoms with E-state index in [9.17, 15) is 9.59 Å². The molecule has 4 heterocycles. The second-order valence-electron chi connectivity index (χ2n) is 7.41. The predicted octanol–water partition coefficient (Wildman–Crippen LogP) is 2.85. The lowest BCUT2D eigenvalue weighted by molar-refractivity contribution is -0.129. The largest absolute Gasteiger partial charge is 0.444 e. The number of carbonyl (C=O) groups is 2. The van der Waals surface area contributed by atoms with Gasteiger partial charge in [-0.05, 0) is 37.5 Å². The number of likely N-dealkylation sites (tertiary alicyclic amines) is 1. The fourth-order valence-corrected chi connectivity index (χ4v) is 4.50. The van der Waals surface area contributed by atoms with Gasteiger partial charge in [0.25, 0.3) is 0 Å². The van der Waals surface area contributed by atoms with E-state index < -0.39 is 0 Å². The molecule has 2 aromatic rings. The average molecular weight is 428 g/mol. The number of ether oxygens (including phenoxy) is 1. The first-order valence-electron chi connectivity index (χ1n) is 10.3. The Morgan fingerprint density at radius 1 is 1.17 bits per heavy atom. The van der Waals surface area contributed by atoms with Gasteiger partial charge in [0.2, 0.25) is 5.91 Å². The van der Waals surface area contributed by atoms with Crippen molar-refractivity contribution < 1.29 is 14.3 Å². The summed E-state index contributed by atoms with van der Waals surface area (Å²) in [5.74, 6) is 0.362. The molecule has 0 radical (unpaired) electrons. The van der Waals surface area contributed by atoms with Crippen LogP contribution < -0.4 is 0 Å². The number of pyridine rings is 1. The minimum atomic E-state index is -0.216. The lowest BCUT2D eigenvalue weighted by atomic mass is 10.0. The highest BCUT2D eigenvalue weighted by molar-refractivity contribution is 7.99. The van der Waals surface area contributed by atoms with Gasteiger partial charge in [0, 0.05) is 31.5 Å². The molecule has 0 N–H and O–H groups in total. The second kappa shape index (κ2) is 9.42. The lowest BCUT2D eigenvalue weighted by Crippen LogP contribution is -2.47. The van der Waals surface area contributed by atoms with Crippen molar-refractivity contribution in [2.75, 3.05) is 25.4 Å². The molecule has 8 nitrogen and oxygen atoms in total. The van der Waals surface area contributed by atoms with Crippen molar-refractivity contribution in [1.29, 1.82) is 0 Å². The molecule has 2 aliphatic rings. The molecule has 1 unspecified atom stereocenters. The molecule has 0 spiro atoms. The zero-order valence-electron chi connectivity index (χ0n) is 16.9. The van der Waals surface area contributed by atoms with Crippen LogP contribution in [0.4, 0.5) is 4.79 Å². The van der Waals surface area contributed by atoms with Crippen molar-refractivity contribution in [3.63, 3.8) is 0 Å². The van der Waals surface area contributed by atoms with Gasteiger partial charge >= 0.3 is 6.09 Å². The first kappa shape index (κ1) is 20.6. The van der Waals surface area contributed by atoms with Crippen molar-refractivity contribution in [3.8, 4) is 11.4 Å². The van der Waals surface area contributed by atoms with Gasteiger partial charge in [0.15, 0.2) is 5.16 Å². The van der Waals surface area contributed by atoms with E-state index in [1.807, 2.05) is 41.0 Å². The van der Waals surface area contributed by atoms with E-state index in [0.717, 1.165) is 30.7 Å². The number of rotatable bonds is 6. The van der Waals surface area contributed by atoms with Crippen LogP contribution >= 0.6 is 11.8 Å². The maximum absolute atomic E-state index is 12.6. The Morgan fingerprint density at radius 3 is 2.70 bits per heavy atom. The fraction of sp³-hybridized carbons (Fsp3) is 0.476. The number of hydrogen-bond acceptors (Lipinski definition) is 7. The quantitative estimate of drug-likeness (QED) is 0.517. The molecule has 30 heavy (non-hydrogen) atoms. The molecular formula is C21H25N5O3S. The summed E-state index contributed by atoms with van der Waals surface area (Å²) >= 11 is 1.34. The number of thioether (sulfide) groups is 1. The van der Waals surface area contributed by atoms with Crippen molar-refractivity contribution in [2.24, 2.45) is 0 Å². The van der Waals surface area contributed by atoms with Crippen LogP contribution in [-0.4, -0.2) is 74.3 Å². The van der Waals surface area contributed by atoms with Gasteiger partial charge in [-0.1, -0.05) is 24.8 Å². The topological polar surface area (TPSA) is 88.5 Å². The summed E-state index contributed by atoms with van der Waals surface area (Å²) in [6.07, 6.45) is 5.60. The number of cyclic esters (lactones) is 1. The summed E-state index contributed by atoms with van der Waals surface area (Å²) in [5.41, 5.74) is 1.52. The normalized spacial score (nSPS) is 19.8. The van der Waals surface area contributed by atoms with Crippen molar-refractivity contribution in [3.05, 3.63) is 36.7 Å². The maximum atomic E-state index is 12.6.